The first-order valence-corrected chi connectivity index (χ1v) is 9.73. The Kier molecular flexibility index (Phi) is 5.51. The number of carbonyl (C=O) groups excluding carboxylic acids is 3. The number of rotatable bonds is 2. The van der Waals surface area contributed by atoms with Gasteiger partial charge in [-0.3, -0.25) is 19.7 Å². The average molecular weight is 407 g/mol. The zero-order chi connectivity index (χ0) is 21.4. The van der Waals surface area contributed by atoms with Gasteiger partial charge in [-0.1, -0.05) is 0 Å². The van der Waals surface area contributed by atoms with Gasteiger partial charge in [-0.25, -0.2) is 9.18 Å². The van der Waals surface area contributed by atoms with Crippen LogP contribution >= 0.6 is 0 Å². The van der Waals surface area contributed by atoms with Crippen molar-refractivity contribution in [3.05, 3.63) is 34.2 Å². The first-order chi connectivity index (χ1) is 13.5. The minimum atomic E-state index is -2.38. The van der Waals surface area contributed by atoms with E-state index in [2.05, 4.69) is 0 Å². The molecule has 1 N–H and O–H groups in total. The Morgan fingerprint density at radius 3 is 2.45 bits per heavy atom. The molecule has 29 heavy (non-hydrogen) atoms. The minimum absolute atomic E-state index is 0.0464. The van der Waals surface area contributed by atoms with Crippen LogP contribution < -0.4 is 10.9 Å². The van der Waals surface area contributed by atoms with Crippen molar-refractivity contribution in [2.75, 3.05) is 13.1 Å². The lowest BCUT2D eigenvalue weighted by Crippen LogP contribution is -2.49. The number of pyridine rings is 1. The van der Waals surface area contributed by atoms with E-state index < -0.39 is 28.6 Å². The molecule has 0 aromatic carbocycles. The topological polar surface area (TPSA) is 97.7 Å². The van der Waals surface area contributed by atoms with Crippen molar-refractivity contribution in [1.29, 1.82) is 0 Å². The molecule has 1 aromatic rings. The number of hydrogen-bond donors (Lipinski definition) is 1. The van der Waals surface area contributed by atoms with E-state index in [0.29, 0.717) is 25.9 Å². The number of piperidine rings is 2. The Balaban J connectivity index is 1.69. The fourth-order valence-corrected chi connectivity index (χ4v) is 3.65. The summed E-state index contributed by atoms with van der Waals surface area (Å²) in [6.45, 7) is 6.31. The fraction of sp³-hybridized carbons (Fsp3) is 0.600. The molecule has 3 rings (SSSR count). The standard InChI is InChI=1S/C20H26FN3O5/c1-19(2,3)29-18(28)23-9-6-14(7-10-23)24-11-5-13(12-16(24)26)20(21)8-4-15(25)22-17(20)27/h5,11-12,14H,4,6-10H2,1-3H3,(H,22,25,27). The van der Waals surface area contributed by atoms with Gasteiger partial charge in [0.05, 0.1) is 0 Å². The summed E-state index contributed by atoms with van der Waals surface area (Å²) in [5.41, 5.74) is -3.42. The average Bonchev–Trinajstić information content (AvgIpc) is 2.64. The second-order valence-corrected chi connectivity index (χ2v) is 8.54. The maximum absolute atomic E-state index is 15.1. The molecule has 2 aliphatic rings. The maximum atomic E-state index is 15.1. The number of ether oxygens (including phenoxy) is 1. The van der Waals surface area contributed by atoms with Crippen molar-refractivity contribution in [2.45, 2.75) is 63.8 Å². The third-order valence-electron chi connectivity index (χ3n) is 5.22. The summed E-state index contributed by atoms with van der Waals surface area (Å²) >= 11 is 0. The smallest absolute Gasteiger partial charge is 0.410 e. The lowest BCUT2D eigenvalue weighted by atomic mass is 9.88. The molecule has 0 bridgehead atoms. The number of amides is 3. The molecule has 2 saturated heterocycles. The molecule has 2 aliphatic heterocycles. The molecule has 0 spiro atoms. The van der Waals surface area contributed by atoms with Crippen LogP contribution in [0.15, 0.2) is 23.1 Å². The van der Waals surface area contributed by atoms with Crippen LogP contribution in [0.25, 0.3) is 0 Å². The SMILES string of the molecule is CC(C)(C)OC(=O)N1CCC(n2ccc(C3(F)CCC(=O)NC3=O)cc2=O)CC1. The second kappa shape index (κ2) is 7.61. The van der Waals surface area contributed by atoms with Gasteiger partial charge in [0.15, 0.2) is 0 Å². The first kappa shape index (κ1) is 21.0. The number of hydrogen-bond acceptors (Lipinski definition) is 5. The summed E-state index contributed by atoms with van der Waals surface area (Å²) in [6, 6.07) is 2.40. The van der Waals surface area contributed by atoms with Crippen LogP contribution in [0, 0.1) is 0 Å². The first-order valence-electron chi connectivity index (χ1n) is 9.73. The minimum Gasteiger partial charge on any atom is -0.444 e. The molecule has 1 atom stereocenters. The number of nitrogens with one attached hydrogen (secondary N) is 1. The van der Waals surface area contributed by atoms with Gasteiger partial charge >= 0.3 is 6.09 Å². The third-order valence-corrected chi connectivity index (χ3v) is 5.22. The van der Waals surface area contributed by atoms with Gasteiger partial charge in [0, 0.05) is 49.8 Å². The number of likely N-dealkylation sites (tertiary alicyclic amines) is 1. The number of aromatic nitrogens is 1. The summed E-state index contributed by atoms with van der Waals surface area (Å²) in [5.74, 6) is -1.55. The molecule has 3 amide bonds. The molecule has 158 valence electrons. The van der Waals surface area contributed by atoms with E-state index in [-0.39, 0.29) is 30.5 Å². The summed E-state index contributed by atoms with van der Waals surface area (Å²) in [4.78, 5) is 49.6. The number of nitrogens with zero attached hydrogens (tertiary/aromatic N) is 2. The molecule has 8 nitrogen and oxygen atoms in total. The largest absolute Gasteiger partial charge is 0.444 e. The van der Waals surface area contributed by atoms with E-state index >= 15 is 4.39 Å². The second-order valence-electron chi connectivity index (χ2n) is 8.54. The predicted octanol–water partition coefficient (Wildman–Crippen LogP) is 2.02. The van der Waals surface area contributed by atoms with Crippen LogP contribution in [-0.4, -0.2) is 46.1 Å². The van der Waals surface area contributed by atoms with Crippen molar-refractivity contribution in [1.82, 2.24) is 14.8 Å². The third kappa shape index (κ3) is 4.49. The van der Waals surface area contributed by atoms with Crippen LogP contribution in [-0.2, 0) is 20.0 Å². The molecule has 1 unspecified atom stereocenters. The number of carbonyl (C=O) groups is 3. The highest BCUT2D eigenvalue weighted by molar-refractivity contribution is 6.02. The lowest BCUT2D eigenvalue weighted by molar-refractivity contribution is -0.144. The fourth-order valence-electron chi connectivity index (χ4n) is 3.65. The predicted molar refractivity (Wildman–Crippen MR) is 102 cm³/mol. The van der Waals surface area contributed by atoms with Gasteiger partial charge in [0.1, 0.15) is 5.60 Å². The van der Waals surface area contributed by atoms with Crippen LogP contribution in [0.1, 0.15) is 58.1 Å². The number of halogens is 1. The molecular formula is C20H26FN3O5. The monoisotopic (exact) mass is 407 g/mol. The van der Waals surface area contributed by atoms with E-state index in [4.69, 9.17) is 4.74 Å². The van der Waals surface area contributed by atoms with Gasteiger partial charge in [0.25, 0.3) is 11.5 Å². The molecule has 0 aliphatic carbocycles. The zero-order valence-electron chi connectivity index (χ0n) is 16.9. The van der Waals surface area contributed by atoms with E-state index in [1.54, 1.807) is 25.7 Å². The molecule has 1 aromatic heterocycles. The molecule has 0 saturated carbocycles. The van der Waals surface area contributed by atoms with Crippen molar-refractivity contribution in [2.24, 2.45) is 0 Å². The maximum Gasteiger partial charge on any atom is 0.410 e. The van der Waals surface area contributed by atoms with E-state index in [1.165, 1.54) is 16.8 Å². The zero-order valence-corrected chi connectivity index (χ0v) is 16.9. The van der Waals surface area contributed by atoms with Gasteiger partial charge in [-0.2, -0.15) is 0 Å². The normalized spacial score (nSPS) is 23.7. The highest BCUT2D eigenvalue weighted by Crippen LogP contribution is 2.33. The van der Waals surface area contributed by atoms with Crippen molar-refractivity contribution in [3.63, 3.8) is 0 Å². The highest BCUT2D eigenvalue weighted by atomic mass is 19.1. The molecule has 2 fully saturated rings. The van der Waals surface area contributed by atoms with Crippen molar-refractivity contribution in [3.8, 4) is 0 Å². The van der Waals surface area contributed by atoms with Crippen LogP contribution in [0.4, 0.5) is 9.18 Å². The van der Waals surface area contributed by atoms with Gasteiger partial charge < -0.3 is 14.2 Å². The van der Waals surface area contributed by atoms with E-state index in [9.17, 15) is 19.2 Å². The summed E-state index contributed by atoms with van der Waals surface area (Å²) in [5, 5.41) is 1.99. The van der Waals surface area contributed by atoms with Crippen molar-refractivity contribution < 1.29 is 23.5 Å². The van der Waals surface area contributed by atoms with Gasteiger partial charge in [-0.15, -0.1) is 0 Å². The Labute approximate surface area is 168 Å². The van der Waals surface area contributed by atoms with Crippen LogP contribution in [0.3, 0.4) is 0 Å². The summed E-state index contributed by atoms with van der Waals surface area (Å²) in [6.07, 6.45) is 1.83. The highest BCUT2D eigenvalue weighted by Gasteiger charge is 2.45. The molecule has 9 heteroatoms. The summed E-state index contributed by atoms with van der Waals surface area (Å²) in [7, 11) is 0. The Morgan fingerprint density at radius 2 is 1.90 bits per heavy atom. The number of imide groups is 1. The Bertz CT molecular complexity index is 883. The van der Waals surface area contributed by atoms with Gasteiger partial charge in [-0.05, 0) is 39.7 Å². The summed E-state index contributed by atoms with van der Waals surface area (Å²) < 4.78 is 22.0. The van der Waals surface area contributed by atoms with Crippen LogP contribution in [0.2, 0.25) is 0 Å². The van der Waals surface area contributed by atoms with Crippen molar-refractivity contribution >= 4 is 17.9 Å². The lowest BCUT2D eigenvalue weighted by Gasteiger charge is -2.34. The molecular weight excluding hydrogens is 381 g/mol. The van der Waals surface area contributed by atoms with Crippen LogP contribution in [0.5, 0.6) is 0 Å². The van der Waals surface area contributed by atoms with E-state index in [0.717, 1.165) is 6.07 Å². The Hall–Kier alpha value is -2.71. The molecule has 0 radical (unpaired) electrons. The Morgan fingerprint density at radius 1 is 1.24 bits per heavy atom. The quantitative estimate of drug-likeness (QED) is 0.757. The molecule has 3 heterocycles. The van der Waals surface area contributed by atoms with E-state index in [1.807, 2.05) is 5.32 Å². The number of alkyl halides is 1. The van der Waals surface area contributed by atoms with Gasteiger partial charge in [0.2, 0.25) is 11.6 Å².